The number of thiazole rings is 1. The molecule has 0 unspecified atom stereocenters. The highest BCUT2D eigenvalue weighted by molar-refractivity contribution is 7.21. The van der Waals surface area contributed by atoms with Crippen molar-refractivity contribution in [1.82, 2.24) is 4.98 Å². The summed E-state index contributed by atoms with van der Waals surface area (Å²) >= 11 is 3.02. The molecule has 0 aliphatic carbocycles. The Hall–Kier alpha value is -1.24. The lowest BCUT2D eigenvalue weighted by atomic mass is 10.3. The molecule has 17 heavy (non-hydrogen) atoms. The van der Waals surface area contributed by atoms with E-state index in [4.69, 9.17) is 9.84 Å². The van der Waals surface area contributed by atoms with Gasteiger partial charge in [0, 0.05) is 12.0 Å². The minimum atomic E-state index is -0.844. The molecular formula is C11H11NO3S2. The van der Waals surface area contributed by atoms with Gasteiger partial charge in [0.25, 0.3) is 0 Å². The summed E-state index contributed by atoms with van der Waals surface area (Å²) in [5.74, 6) is -0.844. The molecule has 0 aliphatic heterocycles. The highest BCUT2D eigenvalue weighted by Crippen LogP contribution is 2.31. The van der Waals surface area contributed by atoms with Crippen LogP contribution < -0.4 is 0 Å². The Labute approximate surface area is 107 Å². The molecule has 4 nitrogen and oxygen atoms in total. The Bertz CT molecular complexity index is 505. The molecule has 0 radical (unpaired) electrons. The van der Waals surface area contributed by atoms with E-state index in [1.54, 1.807) is 18.4 Å². The van der Waals surface area contributed by atoms with Crippen LogP contribution in [0.2, 0.25) is 0 Å². The van der Waals surface area contributed by atoms with Gasteiger partial charge in [0.05, 0.1) is 23.6 Å². The number of carboxylic acids is 1. The fourth-order valence-electron chi connectivity index (χ4n) is 1.41. The minimum absolute atomic E-state index is 0.00172. The summed E-state index contributed by atoms with van der Waals surface area (Å²) in [7, 11) is 1.58. The van der Waals surface area contributed by atoms with E-state index in [1.807, 2.05) is 17.5 Å². The van der Waals surface area contributed by atoms with Crippen molar-refractivity contribution in [3.8, 4) is 9.88 Å². The zero-order chi connectivity index (χ0) is 12.3. The quantitative estimate of drug-likeness (QED) is 0.906. The van der Waals surface area contributed by atoms with E-state index in [1.165, 1.54) is 11.3 Å². The SMILES string of the molecule is COCc1nc(-c2cccs2)sc1CC(=O)O. The number of hydrogen-bond acceptors (Lipinski definition) is 5. The maximum Gasteiger partial charge on any atom is 0.308 e. The highest BCUT2D eigenvalue weighted by Gasteiger charge is 2.15. The van der Waals surface area contributed by atoms with Crippen LogP contribution in [0.1, 0.15) is 10.6 Å². The third-order valence-electron chi connectivity index (χ3n) is 2.10. The van der Waals surface area contributed by atoms with E-state index in [0.717, 1.165) is 20.5 Å². The second-order valence-electron chi connectivity index (χ2n) is 3.37. The predicted molar refractivity (Wildman–Crippen MR) is 67.5 cm³/mol. The number of carboxylic acid groups (broad SMARTS) is 1. The summed E-state index contributed by atoms with van der Waals surface area (Å²) in [5.41, 5.74) is 0.725. The van der Waals surface area contributed by atoms with Crippen molar-refractivity contribution in [2.24, 2.45) is 0 Å². The molecule has 2 rings (SSSR count). The van der Waals surface area contributed by atoms with Gasteiger partial charge in [0.1, 0.15) is 5.01 Å². The van der Waals surface area contributed by atoms with Gasteiger partial charge in [0.15, 0.2) is 0 Å². The first-order valence-corrected chi connectivity index (χ1v) is 6.63. The molecule has 0 aromatic carbocycles. The first-order valence-electron chi connectivity index (χ1n) is 4.94. The van der Waals surface area contributed by atoms with Crippen LogP contribution in [0.15, 0.2) is 17.5 Å². The molecule has 0 fully saturated rings. The molecule has 0 aliphatic rings. The van der Waals surface area contributed by atoms with Gasteiger partial charge in [-0.1, -0.05) is 6.07 Å². The van der Waals surface area contributed by atoms with Crippen molar-refractivity contribution in [2.45, 2.75) is 13.0 Å². The Balaban J connectivity index is 2.33. The predicted octanol–water partition coefficient (Wildman–Crippen LogP) is 2.65. The molecular weight excluding hydrogens is 258 g/mol. The maximum atomic E-state index is 10.8. The molecule has 90 valence electrons. The number of ether oxygens (including phenoxy) is 1. The van der Waals surface area contributed by atoms with Crippen LogP contribution in [0.5, 0.6) is 0 Å². The topological polar surface area (TPSA) is 59.4 Å². The van der Waals surface area contributed by atoms with E-state index < -0.39 is 5.97 Å². The zero-order valence-corrected chi connectivity index (χ0v) is 10.8. The average molecular weight is 269 g/mol. The second-order valence-corrected chi connectivity index (χ2v) is 5.40. The average Bonchev–Trinajstić information content (AvgIpc) is 2.87. The summed E-state index contributed by atoms with van der Waals surface area (Å²) in [6, 6.07) is 3.93. The van der Waals surface area contributed by atoms with E-state index in [-0.39, 0.29) is 6.42 Å². The van der Waals surface area contributed by atoms with E-state index in [9.17, 15) is 4.79 Å². The van der Waals surface area contributed by atoms with Crippen LogP contribution in [-0.2, 0) is 22.6 Å². The van der Waals surface area contributed by atoms with Crippen molar-refractivity contribution in [2.75, 3.05) is 7.11 Å². The van der Waals surface area contributed by atoms with Crippen LogP contribution in [0.25, 0.3) is 9.88 Å². The van der Waals surface area contributed by atoms with Crippen molar-refractivity contribution in [3.63, 3.8) is 0 Å². The van der Waals surface area contributed by atoms with Crippen molar-refractivity contribution < 1.29 is 14.6 Å². The lowest BCUT2D eigenvalue weighted by Crippen LogP contribution is -2.01. The standard InChI is InChI=1S/C11H11NO3S2/c1-15-6-7-9(5-10(13)14)17-11(12-7)8-3-2-4-16-8/h2-4H,5-6H2,1H3,(H,13,14). The van der Waals surface area contributed by atoms with Crippen LogP contribution in [0.3, 0.4) is 0 Å². The maximum absolute atomic E-state index is 10.8. The van der Waals surface area contributed by atoms with Gasteiger partial charge in [0.2, 0.25) is 0 Å². The molecule has 0 saturated heterocycles. The number of aliphatic carboxylic acids is 1. The lowest BCUT2D eigenvalue weighted by Gasteiger charge is -1.96. The Morgan fingerprint density at radius 1 is 1.59 bits per heavy atom. The molecule has 0 amide bonds. The molecule has 0 bridgehead atoms. The molecule has 2 heterocycles. The number of carbonyl (C=O) groups is 1. The molecule has 1 N–H and O–H groups in total. The summed E-state index contributed by atoms with van der Waals surface area (Å²) < 4.78 is 5.04. The van der Waals surface area contributed by atoms with Crippen LogP contribution in [-0.4, -0.2) is 23.2 Å². The lowest BCUT2D eigenvalue weighted by molar-refractivity contribution is -0.136. The van der Waals surface area contributed by atoms with E-state index >= 15 is 0 Å². The minimum Gasteiger partial charge on any atom is -0.481 e. The van der Waals surface area contributed by atoms with E-state index in [0.29, 0.717) is 6.61 Å². The van der Waals surface area contributed by atoms with Crippen molar-refractivity contribution >= 4 is 28.6 Å². The van der Waals surface area contributed by atoms with Gasteiger partial charge in [-0.15, -0.1) is 22.7 Å². The Morgan fingerprint density at radius 3 is 3.00 bits per heavy atom. The van der Waals surface area contributed by atoms with Gasteiger partial charge in [-0.3, -0.25) is 4.79 Å². The van der Waals surface area contributed by atoms with Gasteiger partial charge in [-0.25, -0.2) is 4.98 Å². The summed E-state index contributed by atoms with van der Waals surface area (Å²) in [4.78, 5) is 17.0. The third-order valence-corrected chi connectivity index (χ3v) is 4.24. The molecule has 0 atom stereocenters. The largest absolute Gasteiger partial charge is 0.481 e. The molecule has 0 saturated carbocycles. The molecule has 2 aromatic heterocycles. The Morgan fingerprint density at radius 2 is 2.41 bits per heavy atom. The Kier molecular flexibility index (Phi) is 3.88. The molecule has 2 aromatic rings. The second kappa shape index (κ2) is 5.39. The van der Waals surface area contributed by atoms with Gasteiger partial charge < -0.3 is 9.84 Å². The molecule has 6 heteroatoms. The fourth-order valence-corrected chi connectivity index (χ4v) is 3.27. The third kappa shape index (κ3) is 2.91. The van der Waals surface area contributed by atoms with Gasteiger partial charge in [-0.2, -0.15) is 0 Å². The molecule has 0 spiro atoms. The van der Waals surface area contributed by atoms with Gasteiger partial charge in [-0.05, 0) is 11.4 Å². The number of nitrogens with zero attached hydrogens (tertiary/aromatic N) is 1. The monoisotopic (exact) mass is 269 g/mol. The fraction of sp³-hybridized carbons (Fsp3) is 0.273. The number of rotatable bonds is 5. The summed E-state index contributed by atoms with van der Waals surface area (Å²) in [6.07, 6.45) is 0.00172. The first kappa shape index (κ1) is 12.2. The number of thiophene rings is 1. The number of aromatic nitrogens is 1. The highest BCUT2D eigenvalue weighted by atomic mass is 32.1. The smallest absolute Gasteiger partial charge is 0.308 e. The normalized spacial score (nSPS) is 10.6. The van der Waals surface area contributed by atoms with Crippen LogP contribution in [0.4, 0.5) is 0 Å². The zero-order valence-electron chi connectivity index (χ0n) is 9.17. The van der Waals surface area contributed by atoms with Crippen LogP contribution in [0, 0.1) is 0 Å². The first-order chi connectivity index (χ1) is 8.20. The van der Waals surface area contributed by atoms with Gasteiger partial charge >= 0.3 is 5.97 Å². The van der Waals surface area contributed by atoms with Crippen LogP contribution >= 0.6 is 22.7 Å². The van der Waals surface area contributed by atoms with E-state index in [2.05, 4.69) is 4.98 Å². The van der Waals surface area contributed by atoms with Crippen molar-refractivity contribution in [1.29, 1.82) is 0 Å². The van der Waals surface area contributed by atoms with Crippen molar-refractivity contribution in [3.05, 3.63) is 28.1 Å². The summed E-state index contributed by atoms with van der Waals surface area (Å²) in [6.45, 7) is 0.352. The number of methoxy groups -OCH3 is 1. The summed E-state index contributed by atoms with van der Waals surface area (Å²) in [5, 5.41) is 11.7. The number of hydrogen-bond donors (Lipinski definition) is 1.